The Kier molecular flexibility index (Phi) is 5.33. The molecule has 1 saturated heterocycles. The summed E-state index contributed by atoms with van der Waals surface area (Å²) in [6, 6.07) is 13.7. The van der Waals surface area contributed by atoms with Gasteiger partial charge < -0.3 is 15.1 Å². The first kappa shape index (κ1) is 18.5. The Morgan fingerprint density at radius 2 is 1.64 bits per heavy atom. The van der Waals surface area contributed by atoms with Gasteiger partial charge in [0.2, 0.25) is 5.91 Å². The summed E-state index contributed by atoms with van der Waals surface area (Å²) in [5, 5.41) is 3.11. The van der Waals surface area contributed by atoms with E-state index in [9.17, 15) is 9.59 Å². The standard InChI is InChI=1S/C23H27N3O2/c1-17(27)26-15-12-18-16-19(10-11-21(18)26)23(28)24-20-8-4-5-9-22(20)25-13-6-2-3-7-14-25/h4-5,8-11,16H,2-3,6-7,12-15H2,1H3,(H,24,28). The molecule has 0 saturated carbocycles. The number of carbonyl (C=O) groups excluding carboxylic acids is 2. The van der Waals surface area contributed by atoms with Crippen LogP contribution in [0.5, 0.6) is 0 Å². The number of hydrogen-bond acceptors (Lipinski definition) is 3. The van der Waals surface area contributed by atoms with Crippen LogP contribution in [0.25, 0.3) is 0 Å². The van der Waals surface area contributed by atoms with Gasteiger partial charge in [0.25, 0.3) is 5.91 Å². The highest BCUT2D eigenvalue weighted by molar-refractivity contribution is 6.06. The molecule has 28 heavy (non-hydrogen) atoms. The van der Waals surface area contributed by atoms with Crippen LogP contribution in [0.1, 0.15) is 48.5 Å². The van der Waals surface area contributed by atoms with Crippen LogP contribution in [0, 0.1) is 0 Å². The summed E-state index contributed by atoms with van der Waals surface area (Å²) in [5.41, 5.74) is 4.58. The molecule has 0 atom stereocenters. The summed E-state index contributed by atoms with van der Waals surface area (Å²) in [4.78, 5) is 28.8. The van der Waals surface area contributed by atoms with Gasteiger partial charge in [0, 0.05) is 37.8 Å². The average molecular weight is 377 g/mol. The Balaban J connectivity index is 1.54. The van der Waals surface area contributed by atoms with E-state index in [-0.39, 0.29) is 11.8 Å². The summed E-state index contributed by atoms with van der Waals surface area (Å²) in [7, 11) is 0. The van der Waals surface area contributed by atoms with E-state index in [0.29, 0.717) is 12.1 Å². The lowest BCUT2D eigenvalue weighted by atomic mass is 10.1. The lowest BCUT2D eigenvalue weighted by Crippen LogP contribution is -2.26. The number of nitrogens with one attached hydrogen (secondary N) is 1. The van der Waals surface area contributed by atoms with Crippen LogP contribution in [0.2, 0.25) is 0 Å². The largest absolute Gasteiger partial charge is 0.370 e. The van der Waals surface area contributed by atoms with Crippen LogP contribution >= 0.6 is 0 Å². The fourth-order valence-corrected chi connectivity index (χ4v) is 4.23. The molecule has 2 aliphatic heterocycles. The molecule has 1 N–H and O–H groups in total. The van der Waals surface area contributed by atoms with E-state index in [1.807, 2.05) is 36.4 Å². The zero-order valence-electron chi connectivity index (χ0n) is 16.4. The highest BCUT2D eigenvalue weighted by Gasteiger charge is 2.23. The number of hydrogen-bond donors (Lipinski definition) is 1. The van der Waals surface area contributed by atoms with Crippen molar-refractivity contribution >= 4 is 28.9 Å². The zero-order valence-corrected chi connectivity index (χ0v) is 16.4. The third kappa shape index (κ3) is 3.75. The number of para-hydroxylation sites is 2. The number of amides is 2. The van der Waals surface area contributed by atoms with Crippen LogP contribution in [0.3, 0.4) is 0 Å². The summed E-state index contributed by atoms with van der Waals surface area (Å²) >= 11 is 0. The molecule has 2 aromatic carbocycles. The minimum absolute atomic E-state index is 0.0438. The van der Waals surface area contributed by atoms with Gasteiger partial charge in [-0.25, -0.2) is 0 Å². The Morgan fingerprint density at radius 1 is 0.893 bits per heavy atom. The molecule has 2 amide bonds. The van der Waals surface area contributed by atoms with Crippen molar-refractivity contribution in [3.05, 3.63) is 53.6 Å². The molecule has 0 aliphatic carbocycles. The Labute approximate surface area is 166 Å². The minimum atomic E-state index is -0.105. The van der Waals surface area contributed by atoms with E-state index in [0.717, 1.165) is 42.1 Å². The van der Waals surface area contributed by atoms with E-state index in [1.54, 1.807) is 11.8 Å². The Morgan fingerprint density at radius 3 is 2.39 bits per heavy atom. The molecule has 0 radical (unpaired) electrons. The van der Waals surface area contributed by atoms with E-state index in [1.165, 1.54) is 25.7 Å². The summed E-state index contributed by atoms with van der Waals surface area (Å²) in [6.07, 6.45) is 5.73. The molecule has 0 bridgehead atoms. The third-order valence-electron chi connectivity index (χ3n) is 5.72. The van der Waals surface area contributed by atoms with E-state index in [2.05, 4.69) is 16.3 Å². The molecular formula is C23H27N3O2. The molecule has 2 aromatic rings. The van der Waals surface area contributed by atoms with Crippen molar-refractivity contribution in [1.29, 1.82) is 0 Å². The average Bonchev–Trinajstić information content (AvgIpc) is 2.94. The van der Waals surface area contributed by atoms with Crippen molar-refractivity contribution in [3.63, 3.8) is 0 Å². The molecule has 4 rings (SSSR count). The lowest BCUT2D eigenvalue weighted by Gasteiger charge is -2.25. The molecule has 2 heterocycles. The van der Waals surface area contributed by atoms with Gasteiger partial charge in [0.15, 0.2) is 0 Å². The Hall–Kier alpha value is -2.82. The number of nitrogens with zero attached hydrogens (tertiary/aromatic N) is 2. The maximum absolute atomic E-state index is 12.9. The molecule has 0 spiro atoms. The second-order valence-electron chi connectivity index (χ2n) is 7.64. The normalized spacial score (nSPS) is 16.5. The maximum Gasteiger partial charge on any atom is 0.255 e. The first-order chi connectivity index (χ1) is 13.6. The van der Waals surface area contributed by atoms with Crippen LogP contribution in [0.4, 0.5) is 17.1 Å². The SMILES string of the molecule is CC(=O)N1CCc2cc(C(=O)Nc3ccccc3N3CCCCCC3)ccc21. The van der Waals surface area contributed by atoms with Gasteiger partial charge >= 0.3 is 0 Å². The van der Waals surface area contributed by atoms with E-state index >= 15 is 0 Å². The zero-order chi connectivity index (χ0) is 19.5. The second kappa shape index (κ2) is 8.05. The predicted molar refractivity (Wildman–Crippen MR) is 113 cm³/mol. The van der Waals surface area contributed by atoms with E-state index < -0.39 is 0 Å². The molecule has 5 nitrogen and oxygen atoms in total. The number of anilines is 3. The number of rotatable bonds is 3. The van der Waals surface area contributed by atoms with Gasteiger partial charge in [-0.2, -0.15) is 0 Å². The molecule has 1 fully saturated rings. The van der Waals surface area contributed by atoms with Gasteiger partial charge in [-0.05, 0) is 55.2 Å². The third-order valence-corrected chi connectivity index (χ3v) is 5.72. The van der Waals surface area contributed by atoms with Crippen LogP contribution in [-0.4, -0.2) is 31.4 Å². The van der Waals surface area contributed by atoms with Crippen LogP contribution < -0.4 is 15.1 Å². The highest BCUT2D eigenvalue weighted by Crippen LogP contribution is 2.31. The molecule has 5 heteroatoms. The van der Waals surface area contributed by atoms with Gasteiger partial charge in [-0.3, -0.25) is 9.59 Å². The molecular weight excluding hydrogens is 350 g/mol. The molecule has 0 aromatic heterocycles. The predicted octanol–water partition coefficient (Wildman–Crippen LogP) is 4.23. The fraction of sp³-hybridized carbons (Fsp3) is 0.391. The van der Waals surface area contributed by atoms with Gasteiger partial charge in [-0.1, -0.05) is 25.0 Å². The van der Waals surface area contributed by atoms with Gasteiger partial charge in [-0.15, -0.1) is 0 Å². The summed E-state index contributed by atoms with van der Waals surface area (Å²) in [5.74, 6) is -0.0614. The monoisotopic (exact) mass is 377 g/mol. The van der Waals surface area contributed by atoms with E-state index in [4.69, 9.17) is 0 Å². The number of carbonyl (C=O) groups is 2. The number of benzene rings is 2. The highest BCUT2D eigenvalue weighted by atomic mass is 16.2. The first-order valence-electron chi connectivity index (χ1n) is 10.2. The van der Waals surface area contributed by atoms with Crippen LogP contribution in [-0.2, 0) is 11.2 Å². The van der Waals surface area contributed by atoms with Crippen molar-refractivity contribution in [2.45, 2.75) is 39.0 Å². The smallest absolute Gasteiger partial charge is 0.255 e. The summed E-state index contributed by atoms with van der Waals surface area (Å²) in [6.45, 7) is 4.34. The lowest BCUT2D eigenvalue weighted by molar-refractivity contribution is -0.116. The van der Waals surface area contributed by atoms with Crippen molar-refractivity contribution in [2.75, 3.05) is 34.8 Å². The fourth-order valence-electron chi connectivity index (χ4n) is 4.23. The second-order valence-corrected chi connectivity index (χ2v) is 7.64. The van der Waals surface area contributed by atoms with Crippen molar-refractivity contribution in [3.8, 4) is 0 Å². The first-order valence-corrected chi connectivity index (χ1v) is 10.2. The van der Waals surface area contributed by atoms with Crippen molar-refractivity contribution in [2.24, 2.45) is 0 Å². The quantitative estimate of drug-likeness (QED) is 0.871. The van der Waals surface area contributed by atoms with Crippen molar-refractivity contribution in [1.82, 2.24) is 0 Å². The molecule has 146 valence electrons. The summed E-state index contributed by atoms with van der Waals surface area (Å²) < 4.78 is 0. The van der Waals surface area contributed by atoms with Gasteiger partial charge in [0.1, 0.15) is 0 Å². The van der Waals surface area contributed by atoms with Crippen molar-refractivity contribution < 1.29 is 9.59 Å². The molecule has 2 aliphatic rings. The number of fused-ring (bicyclic) bond motifs is 1. The van der Waals surface area contributed by atoms with Crippen LogP contribution in [0.15, 0.2) is 42.5 Å². The molecule has 0 unspecified atom stereocenters. The topological polar surface area (TPSA) is 52.7 Å². The Bertz CT molecular complexity index is 885. The minimum Gasteiger partial charge on any atom is -0.370 e. The van der Waals surface area contributed by atoms with Gasteiger partial charge in [0.05, 0.1) is 11.4 Å². The maximum atomic E-state index is 12.9.